The molecule has 0 fully saturated rings. The van der Waals surface area contributed by atoms with Gasteiger partial charge >= 0.3 is 0 Å². The van der Waals surface area contributed by atoms with Gasteiger partial charge in [0.1, 0.15) is 18.1 Å². The quantitative estimate of drug-likeness (QED) is 0.365. The Balaban J connectivity index is 1.91. The number of anilines is 1. The van der Waals surface area contributed by atoms with E-state index in [0.717, 1.165) is 22.0 Å². The lowest BCUT2D eigenvalue weighted by atomic mass is 10.0. The van der Waals surface area contributed by atoms with Crippen molar-refractivity contribution in [3.05, 3.63) is 78.1 Å². The van der Waals surface area contributed by atoms with Crippen LogP contribution in [0.4, 0.5) is 10.1 Å². The minimum absolute atomic E-state index is 0.137. The molecule has 10 heteroatoms. The largest absolute Gasteiger partial charge is 0.494 e. The number of hydrogen-bond acceptors (Lipinski definition) is 6. The number of halogens is 1. The second kappa shape index (κ2) is 12.4. The number of nitrogens with one attached hydrogen (secondary N) is 1. The molecular weight excluding hydrogens is 499 g/mol. The fourth-order valence-corrected chi connectivity index (χ4v) is 5.21. The Kier molecular flexibility index (Phi) is 9.35. The average molecular weight is 531 g/mol. The third-order valence-corrected chi connectivity index (χ3v) is 7.47. The summed E-state index contributed by atoms with van der Waals surface area (Å²) in [6.07, 6.45) is 0.551. The zero-order valence-electron chi connectivity index (χ0n) is 21.2. The van der Waals surface area contributed by atoms with Gasteiger partial charge in [-0.15, -0.1) is 0 Å². The molecule has 0 aliphatic rings. The molecule has 1 unspecified atom stereocenters. The van der Waals surface area contributed by atoms with Crippen LogP contribution in [-0.4, -0.2) is 41.7 Å². The Hall–Kier alpha value is -3.79. The Morgan fingerprint density at radius 3 is 2.16 bits per heavy atom. The molecule has 0 saturated carbocycles. The lowest BCUT2D eigenvalue weighted by Gasteiger charge is -2.26. The second-order valence-electron chi connectivity index (χ2n) is 8.04. The number of carbonyl (C=O) groups is 1. The van der Waals surface area contributed by atoms with Gasteiger partial charge in [-0.3, -0.25) is 9.10 Å². The highest BCUT2D eigenvalue weighted by Gasteiger charge is 2.28. The van der Waals surface area contributed by atoms with Gasteiger partial charge in [0, 0.05) is 0 Å². The van der Waals surface area contributed by atoms with E-state index in [2.05, 4.69) is 5.32 Å². The van der Waals surface area contributed by atoms with Gasteiger partial charge in [0.15, 0.2) is 11.5 Å². The third kappa shape index (κ3) is 6.71. The van der Waals surface area contributed by atoms with Crippen molar-refractivity contribution < 1.29 is 31.8 Å². The van der Waals surface area contributed by atoms with E-state index in [-0.39, 0.29) is 10.6 Å². The van der Waals surface area contributed by atoms with Crippen LogP contribution in [-0.2, 0) is 14.8 Å². The number of hydrogen-bond donors (Lipinski definition) is 1. The molecule has 0 aliphatic heterocycles. The molecule has 1 atom stereocenters. The number of nitrogens with zero attached hydrogens (tertiary/aromatic N) is 1. The topological polar surface area (TPSA) is 94.2 Å². The highest BCUT2D eigenvalue weighted by Crippen LogP contribution is 2.31. The predicted molar refractivity (Wildman–Crippen MR) is 139 cm³/mol. The lowest BCUT2D eigenvalue weighted by molar-refractivity contribution is -0.120. The van der Waals surface area contributed by atoms with E-state index < -0.39 is 34.3 Å². The lowest BCUT2D eigenvalue weighted by Crippen LogP contribution is -2.42. The van der Waals surface area contributed by atoms with Crippen LogP contribution < -0.4 is 23.8 Å². The molecule has 1 N–H and O–H groups in total. The summed E-state index contributed by atoms with van der Waals surface area (Å²) in [5.41, 5.74) is 1.05. The summed E-state index contributed by atoms with van der Waals surface area (Å²) < 4.78 is 57.6. The zero-order chi connectivity index (χ0) is 27.0. The van der Waals surface area contributed by atoms with Crippen LogP contribution >= 0.6 is 0 Å². The summed E-state index contributed by atoms with van der Waals surface area (Å²) in [4.78, 5) is 13.1. The monoisotopic (exact) mass is 530 g/mol. The first-order chi connectivity index (χ1) is 17.7. The molecule has 198 valence electrons. The molecule has 3 aromatic rings. The number of sulfonamides is 1. The van der Waals surface area contributed by atoms with Gasteiger partial charge in [-0.25, -0.2) is 12.8 Å². The number of methoxy groups -OCH3 is 2. The smallest absolute Gasteiger partial charge is 0.264 e. The van der Waals surface area contributed by atoms with Crippen LogP contribution in [0.25, 0.3) is 0 Å². The number of amides is 1. The first-order valence-corrected chi connectivity index (χ1v) is 13.2. The molecule has 0 spiro atoms. The summed E-state index contributed by atoms with van der Waals surface area (Å²) >= 11 is 0. The third-order valence-electron chi connectivity index (χ3n) is 5.68. The summed E-state index contributed by atoms with van der Waals surface area (Å²) in [7, 11) is -1.13. The highest BCUT2D eigenvalue weighted by molar-refractivity contribution is 7.92. The van der Waals surface area contributed by atoms with Crippen molar-refractivity contribution in [1.82, 2.24) is 5.32 Å². The van der Waals surface area contributed by atoms with Gasteiger partial charge < -0.3 is 19.5 Å². The Morgan fingerprint density at radius 2 is 1.59 bits per heavy atom. The van der Waals surface area contributed by atoms with Crippen molar-refractivity contribution in [3.8, 4) is 17.2 Å². The van der Waals surface area contributed by atoms with Crippen LogP contribution in [0.1, 0.15) is 31.9 Å². The summed E-state index contributed by atoms with van der Waals surface area (Å²) in [5, 5.41) is 2.91. The van der Waals surface area contributed by atoms with Gasteiger partial charge in [-0.1, -0.05) is 13.0 Å². The molecule has 1 amide bonds. The minimum atomic E-state index is -4.19. The molecule has 3 rings (SSSR count). The molecular formula is C27H31FN2O6S. The molecule has 0 saturated heterocycles. The molecule has 37 heavy (non-hydrogen) atoms. The van der Waals surface area contributed by atoms with Crippen molar-refractivity contribution >= 4 is 21.6 Å². The van der Waals surface area contributed by atoms with Gasteiger partial charge in [-0.05, 0) is 79.6 Å². The van der Waals surface area contributed by atoms with E-state index in [0.29, 0.717) is 30.3 Å². The average Bonchev–Trinajstić information content (AvgIpc) is 2.91. The maximum Gasteiger partial charge on any atom is 0.264 e. The van der Waals surface area contributed by atoms with Crippen molar-refractivity contribution in [3.63, 3.8) is 0 Å². The second-order valence-corrected chi connectivity index (χ2v) is 9.90. The van der Waals surface area contributed by atoms with E-state index in [1.54, 1.807) is 36.4 Å². The Labute approximate surface area is 217 Å². The number of benzene rings is 3. The minimum Gasteiger partial charge on any atom is -0.494 e. The van der Waals surface area contributed by atoms with Crippen molar-refractivity contribution in [1.29, 1.82) is 0 Å². The summed E-state index contributed by atoms with van der Waals surface area (Å²) in [5.74, 6) is 0.558. The fourth-order valence-electron chi connectivity index (χ4n) is 3.79. The van der Waals surface area contributed by atoms with Crippen molar-refractivity contribution in [2.45, 2.75) is 31.2 Å². The van der Waals surface area contributed by atoms with Crippen LogP contribution in [0, 0.1) is 5.82 Å². The summed E-state index contributed by atoms with van der Waals surface area (Å²) in [6.45, 7) is 3.71. The van der Waals surface area contributed by atoms with Gasteiger partial charge in [0.2, 0.25) is 5.91 Å². The highest BCUT2D eigenvalue weighted by atomic mass is 32.2. The molecule has 0 bridgehead atoms. The maximum absolute atomic E-state index is 13.5. The SMILES string of the molecule is CCOc1ccc(N(CC(=O)NC(CC)c2ccc(OC)c(OC)c2)S(=O)(=O)c2ccc(F)cc2)cc1. The Bertz CT molecular complexity index is 1300. The molecule has 0 aromatic heterocycles. The van der Waals surface area contributed by atoms with E-state index in [9.17, 15) is 17.6 Å². The van der Waals surface area contributed by atoms with Gasteiger partial charge in [0.05, 0.1) is 37.5 Å². The Morgan fingerprint density at radius 1 is 0.946 bits per heavy atom. The predicted octanol–water partition coefficient (Wildman–Crippen LogP) is 4.70. The molecule has 3 aromatic carbocycles. The van der Waals surface area contributed by atoms with Gasteiger partial charge in [0.25, 0.3) is 10.0 Å². The first-order valence-electron chi connectivity index (χ1n) is 11.8. The van der Waals surface area contributed by atoms with Crippen molar-refractivity contribution in [2.75, 3.05) is 31.7 Å². The van der Waals surface area contributed by atoms with E-state index >= 15 is 0 Å². The maximum atomic E-state index is 13.5. The standard InChI is InChI=1S/C27H31FN2O6S/c1-5-24(19-7-16-25(34-3)26(17-19)35-4)29-27(31)18-30(21-10-12-22(13-11-21)36-6-2)37(32,33)23-14-8-20(28)9-15-23/h7-17,24H,5-6,18H2,1-4H3,(H,29,31). The molecule has 0 heterocycles. The van der Waals surface area contributed by atoms with Crippen molar-refractivity contribution in [2.24, 2.45) is 0 Å². The molecule has 0 radical (unpaired) electrons. The fraction of sp³-hybridized carbons (Fsp3) is 0.296. The van der Waals surface area contributed by atoms with Crippen LogP contribution in [0.15, 0.2) is 71.6 Å². The number of rotatable bonds is 12. The van der Waals surface area contributed by atoms with E-state index in [1.165, 1.54) is 26.4 Å². The molecule has 0 aliphatic carbocycles. The first kappa shape index (κ1) is 27.8. The van der Waals surface area contributed by atoms with Gasteiger partial charge in [-0.2, -0.15) is 0 Å². The summed E-state index contributed by atoms with van der Waals surface area (Å²) in [6, 6.07) is 15.8. The molecule has 8 nitrogen and oxygen atoms in total. The van der Waals surface area contributed by atoms with Crippen LogP contribution in [0.5, 0.6) is 17.2 Å². The van der Waals surface area contributed by atoms with Crippen LogP contribution in [0.2, 0.25) is 0 Å². The zero-order valence-corrected chi connectivity index (χ0v) is 22.0. The normalized spacial score (nSPS) is 11.9. The van der Waals surface area contributed by atoms with Crippen LogP contribution in [0.3, 0.4) is 0 Å². The number of carbonyl (C=O) groups excluding carboxylic acids is 1. The van der Waals surface area contributed by atoms with E-state index in [4.69, 9.17) is 14.2 Å². The van der Waals surface area contributed by atoms with E-state index in [1.807, 2.05) is 19.9 Å². The number of ether oxygens (including phenoxy) is 3.